The van der Waals surface area contributed by atoms with Crippen LogP contribution in [-0.4, -0.2) is 41.5 Å². The van der Waals surface area contributed by atoms with Crippen molar-refractivity contribution in [1.82, 2.24) is 10.2 Å². The molecular formula is C44H48N4O5. The average Bonchev–Trinajstić information content (AvgIpc) is 3.18. The first-order valence-electron chi connectivity index (χ1n) is 18.2. The van der Waals surface area contributed by atoms with Crippen molar-refractivity contribution >= 4 is 23.2 Å². The molecule has 9 nitrogen and oxygen atoms in total. The van der Waals surface area contributed by atoms with Crippen LogP contribution in [0, 0.1) is 0 Å². The van der Waals surface area contributed by atoms with Gasteiger partial charge in [0.15, 0.2) is 6.29 Å². The summed E-state index contributed by atoms with van der Waals surface area (Å²) in [6.07, 6.45) is 0.885. The standard InChI is InChI=1S/C44H48N4O5/c1-48(28-31-9-3-2-4-10-31)29-38-26-41(35-19-17-32(30-49)18-20-35)53-44(52-38)36-23-21-34(22-24-36)37-12-7-11-33(25-37)27-46-42(50)15-8-16-43(51)47-40-14-6-5-13-39(40)45/h2-7,9-14,17-25,38,41,44,49H,8,15-16,26-30,45H2,1H3,(H,46,50)(H,47,51). The van der Waals surface area contributed by atoms with Gasteiger partial charge in [0.1, 0.15) is 0 Å². The highest BCUT2D eigenvalue weighted by Gasteiger charge is 2.32. The molecule has 1 heterocycles. The molecule has 9 heteroatoms. The molecule has 1 saturated heterocycles. The molecule has 6 rings (SSSR count). The first-order chi connectivity index (χ1) is 25.8. The summed E-state index contributed by atoms with van der Waals surface area (Å²) in [6, 6.07) is 41.8. The third-order valence-electron chi connectivity index (χ3n) is 9.40. The Balaban J connectivity index is 1.05. The number of carbonyl (C=O) groups is 2. The highest BCUT2D eigenvalue weighted by atomic mass is 16.7. The molecule has 0 aromatic heterocycles. The predicted octanol–water partition coefficient (Wildman–Crippen LogP) is 7.53. The first kappa shape index (κ1) is 37.4. The zero-order valence-electron chi connectivity index (χ0n) is 30.1. The van der Waals surface area contributed by atoms with Gasteiger partial charge in [-0.2, -0.15) is 0 Å². The van der Waals surface area contributed by atoms with Gasteiger partial charge in [-0.3, -0.25) is 14.5 Å². The van der Waals surface area contributed by atoms with Crippen molar-refractivity contribution < 1.29 is 24.2 Å². The van der Waals surface area contributed by atoms with Crippen molar-refractivity contribution in [3.8, 4) is 11.1 Å². The number of hydrogen-bond donors (Lipinski definition) is 4. The van der Waals surface area contributed by atoms with Crippen LogP contribution < -0.4 is 16.4 Å². The first-order valence-corrected chi connectivity index (χ1v) is 18.2. The van der Waals surface area contributed by atoms with E-state index in [0.717, 1.165) is 46.5 Å². The smallest absolute Gasteiger partial charge is 0.224 e. The van der Waals surface area contributed by atoms with Crippen LogP contribution in [-0.2, 0) is 38.8 Å². The molecule has 0 saturated carbocycles. The summed E-state index contributed by atoms with van der Waals surface area (Å²) < 4.78 is 13.2. The third-order valence-corrected chi connectivity index (χ3v) is 9.40. The SMILES string of the molecule is CN(Cc1ccccc1)CC1CC(c2ccc(CO)cc2)OC(c2ccc(-c3cccc(CNC(=O)CCCC(=O)Nc4ccccc4N)c3)cc2)O1. The molecule has 0 aliphatic carbocycles. The Kier molecular flexibility index (Phi) is 13.0. The molecule has 1 fully saturated rings. The minimum Gasteiger partial charge on any atom is -0.397 e. The van der Waals surface area contributed by atoms with Gasteiger partial charge in [-0.05, 0) is 65.0 Å². The number of aliphatic hydroxyl groups is 1. The molecule has 5 N–H and O–H groups in total. The lowest BCUT2D eigenvalue weighted by molar-refractivity contribution is -0.252. The number of anilines is 2. The van der Waals surface area contributed by atoms with Crippen LogP contribution in [0.1, 0.15) is 65.9 Å². The van der Waals surface area contributed by atoms with Gasteiger partial charge < -0.3 is 30.9 Å². The number of para-hydroxylation sites is 2. The second-order valence-electron chi connectivity index (χ2n) is 13.6. The van der Waals surface area contributed by atoms with E-state index in [-0.39, 0.29) is 43.5 Å². The van der Waals surface area contributed by atoms with E-state index in [1.165, 1.54) is 5.56 Å². The van der Waals surface area contributed by atoms with Crippen molar-refractivity contribution in [3.63, 3.8) is 0 Å². The summed E-state index contributed by atoms with van der Waals surface area (Å²) in [4.78, 5) is 27.1. The Labute approximate surface area is 311 Å². The van der Waals surface area contributed by atoms with E-state index < -0.39 is 6.29 Å². The van der Waals surface area contributed by atoms with Gasteiger partial charge in [-0.1, -0.05) is 109 Å². The number of ether oxygens (including phenoxy) is 2. The van der Waals surface area contributed by atoms with Gasteiger partial charge in [-0.25, -0.2) is 0 Å². The van der Waals surface area contributed by atoms with E-state index in [4.69, 9.17) is 15.2 Å². The largest absolute Gasteiger partial charge is 0.397 e. The van der Waals surface area contributed by atoms with E-state index >= 15 is 0 Å². The number of benzene rings is 5. The molecular weight excluding hydrogens is 665 g/mol. The lowest BCUT2D eigenvalue weighted by Gasteiger charge is -2.38. The third kappa shape index (κ3) is 10.8. The monoisotopic (exact) mass is 712 g/mol. The van der Waals surface area contributed by atoms with Gasteiger partial charge in [0.2, 0.25) is 11.8 Å². The number of nitrogens with two attached hydrogens (primary N) is 1. The molecule has 3 unspecified atom stereocenters. The van der Waals surface area contributed by atoms with E-state index in [0.29, 0.717) is 30.8 Å². The quantitative estimate of drug-likeness (QED) is 0.0827. The molecule has 5 aromatic rings. The van der Waals surface area contributed by atoms with E-state index in [2.05, 4.69) is 83.2 Å². The summed E-state index contributed by atoms with van der Waals surface area (Å²) in [6.45, 7) is 1.97. The Morgan fingerprint density at radius 3 is 2.21 bits per heavy atom. The minimum absolute atomic E-state index is 0.00231. The van der Waals surface area contributed by atoms with Crippen molar-refractivity contribution in [2.75, 3.05) is 24.6 Å². The Morgan fingerprint density at radius 1 is 0.755 bits per heavy atom. The molecule has 1 aliphatic heterocycles. The Bertz CT molecular complexity index is 1930. The van der Waals surface area contributed by atoms with Gasteiger partial charge in [-0.15, -0.1) is 0 Å². The van der Waals surface area contributed by atoms with Crippen molar-refractivity contribution in [2.24, 2.45) is 0 Å². The molecule has 0 radical (unpaired) electrons. The lowest BCUT2D eigenvalue weighted by Crippen LogP contribution is -2.37. The van der Waals surface area contributed by atoms with E-state index in [1.807, 2.05) is 54.6 Å². The highest BCUT2D eigenvalue weighted by molar-refractivity contribution is 5.94. The fraction of sp³-hybridized carbons (Fsp3) is 0.273. The zero-order valence-corrected chi connectivity index (χ0v) is 30.1. The maximum absolute atomic E-state index is 12.6. The van der Waals surface area contributed by atoms with Crippen molar-refractivity contribution in [1.29, 1.82) is 0 Å². The summed E-state index contributed by atoms with van der Waals surface area (Å²) in [7, 11) is 2.12. The number of nitrogen functional groups attached to an aromatic ring is 1. The molecule has 53 heavy (non-hydrogen) atoms. The number of nitrogens with zero attached hydrogens (tertiary/aromatic N) is 1. The molecule has 0 spiro atoms. The number of carbonyl (C=O) groups excluding carboxylic acids is 2. The van der Waals surface area contributed by atoms with Gasteiger partial charge in [0.25, 0.3) is 0 Å². The summed E-state index contributed by atoms with van der Waals surface area (Å²) in [5.41, 5.74) is 14.2. The molecule has 2 amide bonds. The van der Waals surface area contributed by atoms with Crippen LogP contribution >= 0.6 is 0 Å². The molecule has 3 atom stereocenters. The number of hydrogen-bond acceptors (Lipinski definition) is 7. The number of amides is 2. The van der Waals surface area contributed by atoms with Crippen LogP contribution in [0.4, 0.5) is 11.4 Å². The predicted molar refractivity (Wildman–Crippen MR) is 208 cm³/mol. The van der Waals surface area contributed by atoms with Crippen molar-refractivity contribution in [3.05, 3.63) is 155 Å². The summed E-state index contributed by atoms with van der Waals surface area (Å²) in [5, 5.41) is 15.3. The molecule has 1 aliphatic rings. The fourth-order valence-corrected chi connectivity index (χ4v) is 6.56. The lowest BCUT2D eigenvalue weighted by atomic mass is 9.99. The van der Waals surface area contributed by atoms with E-state index in [1.54, 1.807) is 12.1 Å². The van der Waals surface area contributed by atoms with Crippen LogP contribution in [0.15, 0.2) is 127 Å². The van der Waals surface area contributed by atoms with Crippen LogP contribution in [0.3, 0.4) is 0 Å². The normalized spacial score (nSPS) is 17.0. The van der Waals surface area contributed by atoms with Crippen LogP contribution in [0.25, 0.3) is 11.1 Å². The molecule has 5 aromatic carbocycles. The second-order valence-corrected chi connectivity index (χ2v) is 13.6. The van der Waals surface area contributed by atoms with Gasteiger partial charge >= 0.3 is 0 Å². The average molecular weight is 713 g/mol. The van der Waals surface area contributed by atoms with E-state index in [9.17, 15) is 14.7 Å². The van der Waals surface area contributed by atoms with Gasteiger partial charge in [0, 0.05) is 44.5 Å². The highest BCUT2D eigenvalue weighted by Crippen LogP contribution is 2.38. The fourth-order valence-electron chi connectivity index (χ4n) is 6.56. The topological polar surface area (TPSA) is 126 Å². The number of likely N-dealkylation sites (N-methyl/N-ethyl adjacent to an activating group) is 1. The Morgan fingerprint density at radius 2 is 1.45 bits per heavy atom. The summed E-state index contributed by atoms with van der Waals surface area (Å²) in [5.74, 6) is -0.276. The molecule has 0 bridgehead atoms. The number of aliphatic hydroxyl groups excluding tert-OH is 1. The van der Waals surface area contributed by atoms with Crippen molar-refractivity contribution in [2.45, 2.75) is 63.9 Å². The minimum atomic E-state index is -0.542. The number of rotatable bonds is 15. The second kappa shape index (κ2) is 18.4. The van der Waals surface area contributed by atoms with Crippen LogP contribution in [0.5, 0.6) is 0 Å². The number of nitrogens with one attached hydrogen (secondary N) is 2. The summed E-state index contributed by atoms with van der Waals surface area (Å²) >= 11 is 0. The maximum Gasteiger partial charge on any atom is 0.224 e. The molecule has 274 valence electrons. The maximum atomic E-state index is 12.6. The Hall–Kier alpha value is -5.32. The van der Waals surface area contributed by atoms with Gasteiger partial charge in [0.05, 0.1) is 30.2 Å². The zero-order chi connectivity index (χ0) is 37.0. The van der Waals surface area contributed by atoms with Crippen LogP contribution in [0.2, 0.25) is 0 Å².